The van der Waals surface area contributed by atoms with E-state index in [1.165, 1.54) is 0 Å². The first-order chi connectivity index (χ1) is 13.3. The molecule has 0 N–H and O–H groups in total. The van der Waals surface area contributed by atoms with Gasteiger partial charge in [-0.3, -0.25) is 0 Å². The van der Waals surface area contributed by atoms with E-state index in [1.807, 2.05) is 49.4 Å². The van der Waals surface area contributed by atoms with Crippen molar-refractivity contribution in [1.82, 2.24) is 4.98 Å². The molecule has 0 saturated carbocycles. The molecule has 0 fully saturated rings. The van der Waals surface area contributed by atoms with Crippen molar-refractivity contribution >= 4 is 49.2 Å². The smallest absolute Gasteiger partial charge is 0.357 e. The zero-order valence-corrected chi connectivity index (χ0v) is 14.9. The van der Waals surface area contributed by atoms with Crippen molar-refractivity contribution in [2.45, 2.75) is 6.92 Å². The molecule has 0 atom stereocenters. The Morgan fingerprint density at radius 3 is 2.11 bits per heavy atom. The molecule has 5 aromatic rings. The summed E-state index contributed by atoms with van der Waals surface area (Å²) in [5.41, 5.74) is 1.18. The van der Waals surface area contributed by atoms with Crippen molar-refractivity contribution < 1.29 is 9.53 Å². The third kappa shape index (κ3) is 2.36. The van der Waals surface area contributed by atoms with Crippen LogP contribution in [0.25, 0.3) is 43.2 Å². The summed E-state index contributed by atoms with van der Waals surface area (Å²) in [5.74, 6) is -0.382. The Kier molecular flexibility index (Phi) is 3.54. The minimum absolute atomic E-state index is 0.325. The van der Waals surface area contributed by atoms with Crippen LogP contribution >= 0.6 is 0 Å². The molecule has 0 bridgehead atoms. The highest BCUT2D eigenvalue weighted by atomic mass is 16.5. The molecule has 0 spiro atoms. The molecule has 4 aromatic carbocycles. The van der Waals surface area contributed by atoms with Gasteiger partial charge in [-0.25, -0.2) is 9.78 Å². The Bertz CT molecular complexity index is 1350. The highest BCUT2D eigenvalue weighted by Crippen LogP contribution is 2.37. The molecule has 0 amide bonds. The fourth-order valence-corrected chi connectivity index (χ4v) is 3.89. The SMILES string of the molecule is CCOC(=O)c1nc2ccc3ccccc3c2c2c1ccc1ccccc12. The van der Waals surface area contributed by atoms with Crippen LogP contribution < -0.4 is 0 Å². The maximum Gasteiger partial charge on any atom is 0.357 e. The number of hydrogen-bond acceptors (Lipinski definition) is 3. The van der Waals surface area contributed by atoms with E-state index in [4.69, 9.17) is 9.72 Å². The molecule has 0 aliphatic rings. The summed E-state index contributed by atoms with van der Waals surface area (Å²) in [5, 5.41) is 7.51. The predicted molar refractivity (Wildman–Crippen MR) is 110 cm³/mol. The quantitative estimate of drug-likeness (QED) is 0.295. The van der Waals surface area contributed by atoms with Crippen LogP contribution in [0.5, 0.6) is 0 Å². The summed E-state index contributed by atoms with van der Waals surface area (Å²) in [6.07, 6.45) is 0. The lowest BCUT2D eigenvalue weighted by molar-refractivity contribution is 0.0522. The lowest BCUT2D eigenvalue weighted by Gasteiger charge is -2.13. The molecule has 0 unspecified atom stereocenters. The summed E-state index contributed by atoms with van der Waals surface area (Å²) < 4.78 is 5.28. The van der Waals surface area contributed by atoms with Crippen LogP contribution in [0.3, 0.4) is 0 Å². The average Bonchev–Trinajstić information content (AvgIpc) is 2.72. The van der Waals surface area contributed by atoms with Crippen LogP contribution in [-0.2, 0) is 4.74 Å². The third-order valence-corrected chi connectivity index (χ3v) is 5.04. The number of ether oxygens (including phenoxy) is 1. The van der Waals surface area contributed by atoms with E-state index >= 15 is 0 Å². The van der Waals surface area contributed by atoms with Crippen LogP contribution in [-0.4, -0.2) is 17.6 Å². The third-order valence-electron chi connectivity index (χ3n) is 5.04. The molecule has 5 rings (SSSR count). The van der Waals surface area contributed by atoms with Gasteiger partial charge in [-0.15, -0.1) is 0 Å². The number of rotatable bonds is 2. The lowest BCUT2D eigenvalue weighted by Crippen LogP contribution is -2.08. The van der Waals surface area contributed by atoms with Gasteiger partial charge in [-0.2, -0.15) is 0 Å². The minimum Gasteiger partial charge on any atom is -0.461 e. The van der Waals surface area contributed by atoms with Crippen molar-refractivity contribution in [3.05, 3.63) is 78.5 Å². The van der Waals surface area contributed by atoms with Crippen LogP contribution in [0.2, 0.25) is 0 Å². The predicted octanol–water partition coefficient (Wildman–Crippen LogP) is 5.87. The van der Waals surface area contributed by atoms with Crippen LogP contribution in [0, 0.1) is 0 Å². The number of pyridine rings is 1. The highest BCUT2D eigenvalue weighted by Gasteiger charge is 2.18. The molecule has 3 heteroatoms. The molecule has 27 heavy (non-hydrogen) atoms. The van der Waals surface area contributed by atoms with Crippen molar-refractivity contribution in [2.24, 2.45) is 0 Å². The Morgan fingerprint density at radius 2 is 1.41 bits per heavy atom. The first-order valence-electron chi connectivity index (χ1n) is 9.08. The van der Waals surface area contributed by atoms with Gasteiger partial charge >= 0.3 is 5.97 Å². The second-order valence-electron chi connectivity index (χ2n) is 6.57. The standard InChI is InChI=1S/C24H17NO2/c1-2-27-24(26)23-19-13-11-15-7-3-5-9-17(15)21(19)22-18-10-6-4-8-16(18)12-14-20(22)25-23/h3-14H,2H2,1H3. The summed E-state index contributed by atoms with van der Waals surface area (Å²) in [4.78, 5) is 17.3. The zero-order valence-electron chi connectivity index (χ0n) is 14.9. The lowest BCUT2D eigenvalue weighted by atomic mass is 9.94. The number of nitrogens with zero attached hydrogens (tertiary/aromatic N) is 1. The van der Waals surface area contributed by atoms with E-state index in [9.17, 15) is 4.79 Å². The number of fused-ring (bicyclic) bond motifs is 7. The van der Waals surface area contributed by atoms with Gasteiger partial charge in [0, 0.05) is 16.2 Å². The minimum atomic E-state index is -0.382. The highest BCUT2D eigenvalue weighted by molar-refractivity contribution is 6.29. The van der Waals surface area contributed by atoms with Gasteiger partial charge < -0.3 is 4.74 Å². The van der Waals surface area contributed by atoms with Crippen molar-refractivity contribution in [1.29, 1.82) is 0 Å². The first-order valence-corrected chi connectivity index (χ1v) is 9.08. The second kappa shape index (κ2) is 6.06. The Hall–Kier alpha value is -3.46. The number of hydrogen-bond donors (Lipinski definition) is 0. The van der Waals surface area contributed by atoms with E-state index in [0.717, 1.165) is 43.2 Å². The molecule has 1 heterocycles. The normalized spacial score (nSPS) is 11.4. The van der Waals surface area contributed by atoms with Gasteiger partial charge in [0.15, 0.2) is 5.69 Å². The number of aromatic nitrogens is 1. The Morgan fingerprint density at radius 1 is 0.778 bits per heavy atom. The topological polar surface area (TPSA) is 39.2 Å². The summed E-state index contributed by atoms with van der Waals surface area (Å²) in [6, 6.07) is 24.6. The first kappa shape index (κ1) is 15.8. The fraction of sp³-hybridized carbons (Fsp3) is 0.0833. The molecular weight excluding hydrogens is 334 g/mol. The molecule has 0 radical (unpaired) electrons. The van der Waals surface area contributed by atoms with Gasteiger partial charge in [-0.05, 0) is 34.5 Å². The number of benzene rings is 4. The van der Waals surface area contributed by atoms with Crippen LogP contribution in [0.15, 0.2) is 72.8 Å². The van der Waals surface area contributed by atoms with Crippen molar-refractivity contribution in [2.75, 3.05) is 6.61 Å². The maximum atomic E-state index is 12.6. The molecule has 0 saturated heterocycles. The fourth-order valence-electron chi connectivity index (χ4n) is 3.89. The van der Waals surface area contributed by atoms with Crippen LogP contribution in [0.1, 0.15) is 17.4 Å². The van der Waals surface area contributed by atoms with Gasteiger partial charge in [0.2, 0.25) is 0 Å². The molecule has 3 nitrogen and oxygen atoms in total. The van der Waals surface area contributed by atoms with Crippen molar-refractivity contribution in [3.63, 3.8) is 0 Å². The van der Waals surface area contributed by atoms with Gasteiger partial charge in [-0.1, -0.05) is 66.7 Å². The summed E-state index contributed by atoms with van der Waals surface area (Å²) in [6.45, 7) is 2.13. The molecule has 130 valence electrons. The maximum absolute atomic E-state index is 12.6. The van der Waals surface area contributed by atoms with E-state index in [2.05, 4.69) is 30.3 Å². The van der Waals surface area contributed by atoms with E-state index < -0.39 is 0 Å². The summed E-state index contributed by atoms with van der Waals surface area (Å²) >= 11 is 0. The second-order valence-corrected chi connectivity index (χ2v) is 6.57. The largest absolute Gasteiger partial charge is 0.461 e. The van der Waals surface area contributed by atoms with E-state index in [-0.39, 0.29) is 5.97 Å². The van der Waals surface area contributed by atoms with Crippen LogP contribution in [0.4, 0.5) is 0 Å². The molecule has 0 aliphatic heterocycles. The molecular formula is C24H17NO2. The van der Waals surface area contributed by atoms with E-state index in [1.54, 1.807) is 0 Å². The zero-order chi connectivity index (χ0) is 18.4. The molecule has 1 aromatic heterocycles. The van der Waals surface area contributed by atoms with E-state index in [0.29, 0.717) is 12.3 Å². The van der Waals surface area contributed by atoms with Crippen molar-refractivity contribution in [3.8, 4) is 0 Å². The van der Waals surface area contributed by atoms with Gasteiger partial charge in [0.1, 0.15) is 0 Å². The monoisotopic (exact) mass is 351 g/mol. The number of esters is 1. The Labute approximate surface area is 156 Å². The van der Waals surface area contributed by atoms with Gasteiger partial charge in [0.05, 0.1) is 12.1 Å². The average molecular weight is 351 g/mol. The Balaban J connectivity index is 2.08. The van der Waals surface area contributed by atoms with Gasteiger partial charge in [0.25, 0.3) is 0 Å². The number of carbonyl (C=O) groups excluding carboxylic acids is 1. The summed E-state index contributed by atoms with van der Waals surface area (Å²) in [7, 11) is 0. The number of carbonyl (C=O) groups is 1. The molecule has 0 aliphatic carbocycles.